The highest BCUT2D eigenvalue weighted by molar-refractivity contribution is 8.00. The lowest BCUT2D eigenvalue weighted by atomic mass is 10.1. The van der Waals surface area contributed by atoms with Gasteiger partial charge in [0.15, 0.2) is 11.5 Å². The third-order valence-corrected chi connectivity index (χ3v) is 9.31. The van der Waals surface area contributed by atoms with Crippen LogP contribution >= 0.6 is 11.8 Å². The molecule has 12 nitrogen and oxygen atoms in total. The van der Waals surface area contributed by atoms with E-state index in [4.69, 9.17) is 14.6 Å². The molecule has 0 aliphatic carbocycles. The summed E-state index contributed by atoms with van der Waals surface area (Å²) in [6.07, 6.45) is 1.43. The molecule has 0 saturated carbocycles. The molecule has 5 rings (SSSR count). The van der Waals surface area contributed by atoms with Gasteiger partial charge in [-0.3, -0.25) is 19.2 Å². The number of benzene rings is 4. The highest BCUT2D eigenvalue weighted by Gasteiger charge is 2.40. The predicted octanol–water partition coefficient (Wildman–Crippen LogP) is 4.19. The van der Waals surface area contributed by atoms with Crippen LogP contribution in [0, 0.1) is 0 Å². The summed E-state index contributed by atoms with van der Waals surface area (Å²) in [7, 11) is -0.963. The molecule has 1 fully saturated rings. The summed E-state index contributed by atoms with van der Waals surface area (Å²) < 4.78 is 34.0. The van der Waals surface area contributed by atoms with Gasteiger partial charge in [-0.15, -0.1) is 11.8 Å². The minimum absolute atomic E-state index is 0.0536. The number of imide groups is 1. The summed E-state index contributed by atoms with van der Waals surface area (Å²) in [6, 6.07) is 25.4. The van der Waals surface area contributed by atoms with E-state index in [1.807, 2.05) is 0 Å². The number of nitrogens with zero attached hydrogens (tertiary/aromatic N) is 1. The average molecular weight is 687 g/mol. The van der Waals surface area contributed by atoms with Gasteiger partial charge >= 0.3 is 0 Å². The Balaban J connectivity index is 1.31. The number of thioether (sulfide) groups is 1. The van der Waals surface area contributed by atoms with Gasteiger partial charge in [-0.1, -0.05) is 30.3 Å². The summed E-state index contributed by atoms with van der Waals surface area (Å²) in [4.78, 5) is 54.0. The molecule has 0 aromatic heterocycles. The normalized spacial score (nSPS) is 14.9. The minimum Gasteiger partial charge on any atom is -0.493 e. The molecule has 1 atom stereocenters. The second-order valence-corrected chi connectivity index (χ2v) is 13.2. The number of carbonyl (C=O) groups excluding carboxylic acids is 4. The summed E-state index contributed by atoms with van der Waals surface area (Å²) in [6.45, 7) is 0. The molecule has 246 valence electrons. The van der Waals surface area contributed by atoms with Crippen LogP contribution in [-0.4, -0.2) is 51.5 Å². The number of amides is 4. The highest BCUT2D eigenvalue weighted by atomic mass is 32.2. The molecule has 0 spiro atoms. The van der Waals surface area contributed by atoms with Crippen LogP contribution in [0.3, 0.4) is 0 Å². The molecule has 48 heavy (non-hydrogen) atoms. The monoisotopic (exact) mass is 686 g/mol. The minimum atomic E-state index is -3.92. The second kappa shape index (κ2) is 14.5. The van der Waals surface area contributed by atoms with Crippen LogP contribution in [0.5, 0.6) is 11.5 Å². The van der Waals surface area contributed by atoms with Gasteiger partial charge in [-0.25, -0.2) is 18.5 Å². The van der Waals surface area contributed by atoms with Crippen molar-refractivity contribution < 1.29 is 37.1 Å². The van der Waals surface area contributed by atoms with E-state index in [2.05, 4.69) is 10.6 Å². The number of para-hydroxylation sites is 1. The van der Waals surface area contributed by atoms with E-state index in [-0.39, 0.29) is 22.7 Å². The van der Waals surface area contributed by atoms with E-state index >= 15 is 0 Å². The maximum absolute atomic E-state index is 13.5. The van der Waals surface area contributed by atoms with Crippen molar-refractivity contribution in [2.75, 3.05) is 24.4 Å². The molecule has 1 heterocycles. The van der Waals surface area contributed by atoms with Crippen molar-refractivity contribution in [1.82, 2.24) is 5.32 Å². The Morgan fingerprint density at radius 2 is 1.58 bits per heavy atom. The Kier molecular flexibility index (Phi) is 10.3. The molecule has 4 aromatic carbocycles. The molecule has 1 aliphatic heterocycles. The molecule has 1 unspecified atom stereocenters. The molecule has 1 aliphatic rings. The number of sulfonamides is 1. The fourth-order valence-electron chi connectivity index (χ4n) is 4.86. The second-order valence-electron chi connectivity index (χ2n) is 10.4. The fraction of sp³-hybridized carbons (Fsp3) is 0.118. The first-order chi connectivity index (χ1) is 23.0. The average Bonchev–Trinajstić information content (AvgIpc) is 3.36. The number of methoxy groups -OCH3 is 2. The van der Waals surface area contributed by atoms with Crippen molar-refractivity contribution in [2.24, 2.45) is 5.14 Å². The summed E-state index contributed by atoms with van der Waals surface area (Å²) in [5.74, 6) is -1.14. The van der Waals surface area contributed by atoms with Crippen LogP contribution < -0.4 is 30.1 Å². The van der Waals surface area contributed by atoms with Crippen LogP contribution in [0.1, 0.15) is 22.3 Å². The van der Waals surface area contributed by atoms with E-state index in [1.165, 1.54) is 56.3 Å². The lowest BCUT2D eigenvalue weighted by Gasteiger charge is -2.15. The topological polar surface area (TPSA) is 174 Å². The van der Waals surface area contributed by atoms with E-state index < -0.39 is 38.9 Å². The number of ether oxygens (including phenoxy) is 2. The highest BCUT2D eigenvalue weighted by Crippen LogP contribution is 2.35. The van der Waals surface area contributed by atoms with Crippen LogP contribution in [0.2, 0.25) is 0 Å². The number of rotatable bonds is 11. The third kappa shape index (κ3) is 7.74. The molecule has 4 aromatic rings. The van der Waals surface area contributed by atoms with Crippen molar-refractivity contribution in [3.63, 3.8) is 0 Å². The van der Waals surface area contributed by atoms with Gasteiger partial charge in [0, 0.05) is 28.1 Å². The summed E-state index contributed by atoms with van der Waals surface area (Å²) in [5.41, 5.74) is 1.45. The van der Waals surface area contributed by atoms with E-state index in [0.29, 0.717) is 33.2 Å². The van der Waals surface area contributed by atoms with Gasteiger partial charge in [-0.05, 0) is 72.8 Å². The van der Waals surface area contributed by atoms with Crippen LogP contribution in [-0.2, 0) is 24.4 Å². The molecule has 0 bridgehead atoms. The zero-order valence-corrected chi connectivity index (χ0v) is 27.3. The zero-order chi connectivity index (χ0) is 34.4. The zero-order valence-electron chi connectivity index (χ0n) is 25.7. The van der Waals surface area contributed by atoms with Gasteiger partial charge in [0.05, 0.1) is 30.1 Å². The van der Waals surface area contributed by atoms with Crippen molar-refractivity contribution in [3.8, 4) is 11.5 Å². The Bertz CT molecular complexity index is 2000. The number of nitrogens with two attached hydrogens (primary N) is 1. The van der Waals surface area contributed by atoms with E-state index in [9.17, 15) is 27.6 Å². The quantitative estimate of drug-likeness (QED) is 0.154. The number of carbonyl (C=O) groups is 4. The first-order valence-electron chi connectivity index (χ1n) is 14.4. The third-order valence-electron chi connectivity index (χ3n) is 7.18. The lowest BCUT2D eigenvalue weighted by molar-refractivity contribution is -0.121. The number of anilines is 2. The first kappa shape index (κ1) is 33.9. The largest absolute Gasteiger partial charge is 0.493 e. The van der Waals surface area contributed by atoms with Gasteiger partial charge in [0.25, 0.3) is 11.8 Å². The van der Waals surface area contributed by atoms with Gasteiger partial charge in [0.2, 0.25) is 21.8 Å². The standard InChI is InChI=1S/C34H30N4O8S2/c1-45-28-10-6-9-22(31(28)46-2)19-27(37-32(40)21-7-4-3-5-8-21)33(41)36-23-11-15-25(16-12-23)47-29-20-30(39)38(34(29)42)24-13-17-26(18-14-24)48(35,43)44/h3-19,29H,20H2,1-2H3,(H,36,41)(H,37,40)(H2,35,43,44)/b27-19-. The molecule has 4 N–H and O–H groups in total. The van der Waals surface area contributed by atoms with Crippen LogP contribution in [0.4, 0.5) is 11.4 Å². The maximum Gasteiger partial charge on any atom is 0.272 e. The Labute approximate surface area is 281 Å². The summed E-state index contributed by atoms with van der Waals surface area (Å²) >= 11 is 1.18. The fourth-order valence-corrected chi connectivity index (χ4v) is 6.42. The molecule has 1 saturated heterocycles. The van der Waals surface area contributed by atoms with Crippen molar-refractivity contribution in [3.05, 3.63) is 114 Å². The Morgan fingerprint density at radius 1 is 0.896 bits per heavy atom. The number of primary sulfonamides is 1. The Hall–Kier alpha value is -5.44. The predicted molar refractivity (Wildman–Crippen MR) is 181 cm³/mol. The van der Waals surface area contributed by atoms with Crippen molar-refractivity contribution in [2.45, 2.75) is 21.5 Å². The molecular formula is C34H30N4O8S2. The number of hydrogen-bond donors (Lipinski definition) is 3. The van der Waals surface area contributed by atoms with E-state index in [1.54, 1.807) is 72.8 Å². The molecule has 14 heteroatoms. The van der Waals surface area contributed by atoms with Gasteiger partial charge in [-0.2, -0.15) is 0 Å². The lowest BCUT2D eigenvalue weighted by Crippen LogP contribution is -2.31. The van der Waals surface area contributed by atoms with Crippen molar-refractivity contribution >= 4 is 62.9 Å². The van der Waals surface area contributed by atoms with Crippen LogP contribution in [0.15, 0.2) is 113 Å². The van der Waals surface area contributed by atoms with E-state index in [0.717, 1.165) is 4.90 Å². The van der Waals surface area contributed by atoms with Crippen molar-refractivity contribution in [1.29, 1.82) is 0 Å². The molecule has 4 amide bonds. The number of hydrogen-bond acceptors (Lipinski definition) is 9. The summed E-state index contributed by atoms with van der Waals surface area (Å²) in [5, 5.41) is 9.89. The van der Waals surface area contributed by atoms with Crippen LogP contribution in [0.25, 0.3) is 6.08 Å². The smallest absolute Gasteiger partial charge is 0.272 e. The van der Waals surface area contributed by atoms with Gasteiger partial charge < -0.3 is 20.1 Å². The molecular weight excluding hydrogens is 657 g/mol. The Morgan fingerprint density at radius 3 is 2.21 bits per heavy atom. The first-order valence-corrected chi connectivity index (χ1v) is 16.8. The maximum atomic E-state index is 13.5. The molecule has 0 radical (unpaired) electrons. The SMILES string of the molecule is COc1cccc(/C=C(\NC(=O)c2ccccc2)C(=O)Nc2ccc(SC3CC(=O)N(c4ccc(S(N)(=O)=O)cc4)C3=O)cc2)c1OC. The number of nitrogens with one attached hydrogen (secondary N) is 2. The van der Waals surface area contributed by atoms with Gasteiger partial charge in [0.1, 0.15) is 5.70 Å².